The first kappa shape index (κ1) is 23.6. The molecular weight excluding hydrogens is 505 g/mol. The highest BCUT2D eigenvalue weighted by Crippen LogP contribution is 2.42. The number of carbonyl (C=O) groups is 3. The number of thioether (sulfide) groups is 2. The number of aromatic nitrogens is 4. The maximum atomic E-state index is 13.0. The summed E-state index contributed by atoms with van der Waals surface area (Å²) in [6.45, 7) is 1.80. The Kier molecular flexibility index (Phi) is 6.17. The van der Waals surface area contributed by atoms with Gasteiger partial charge in [0.15, 0.2) is 10.0 Å². The first-order valence-electron chi connectivity index (χ1n) is 9.22. The summed E-state index contributed by atoms with van der Waals surface area (Å²) in [5.74, 6) is -2.28. The van der Waals surface area contributed by atoms with Gasteiger partial charge < -0.3 is 10.4 Å². The minimum Gasteiger partial charge on any atom is -0.477 e. The van der Waals surface area contributed by atoms with Crippen LogP contribution in [-0.2, 0) is 22.8 Å². The predicted molar refractivity (Wildman–Crippen MR) is 113 cm³/mol. The van der Waals surface area contributed by atoms with Crippen LogP contribution in [0.15, 0.2) is 21.7 Å². The van der Waals surface area contributed by atoms with Gasteiger partial charge in [-0.15, -0.1) is 22.0 Å². The summed E-state index contributed by atoms with van der Waals surface area (Å²) in [7, 11) is 1.05. The number of aryl methyl sites for hydroxylation is 2. The predicted octanol–water partition coefficient (Wildman–Crippen LogP) is 1.74. The topological polar surface area (TPSA) is 130 Å². The fourth-order valence-electron chi connectivity index (χ4n) is 3.34. The SMILES string of the molecule is Cc1nnc(SCC2=C(C(=O)O)N3C(=O)[C@H](NC(=O)c4cc(C(F)(F)F)n(C)n4)[C@@H]3SC2)s1. The molecule has 0 aromatic carbocycles. The molecule has 33 heavy (non-hydrogen) atoms. The molecule has 0 radical (unpaired) electrons. The maximum absolute atomic E-state index is 13.0. The van der Waals surface area contributed by atoms with Crippen molar-refractivity contribution in [2.45, 2.75) is 28.9 Å². The molecule has 2 aliphatic heterocycles. The van der Waals surface area contributed by atoms with Gasteiger partial charge >= 0.3 is 12.1 Å². The molecule has 2 N–H and O–H groups in total. The number of amides is 2. The Balaban J connectivity index is 1.48. The average molecular weight is 521 g/mol. The van der Waals surface area contributed by atoms with Gasteiger partial charge in [0.25, 0.3) is 11.8 Å². The number of halogens is 3. The number of carbonyl (C=O) groups excluding carboxylic acids is 2. The Morgan fingerprint density at radius 1 is 1.36 bits per heavy atom. The van der Waals surface area contributed by atoms with Crippen LogP contribution in [0.25, 0.3) is 0 Å². The van der Waals surface area contributed by atoms with Crippen molar-refractivity contribution in [1.82, 2.24) is 30.2 Å². The molecule has 176 valence electrons. The fraction of sp³-hybridized carbons (Fsp3) is 0.412. The van der Waals surface area contributed by atoms with Crippen LogP contribution in [0.2, 0.25) is 0 Å². The molecule has 2 amide bonds. The summed E-state index contributed by atoms with van der Waals surface area (Å²) in [6.07, 6.45) is -4.69. The molecule has 16 heteroatoms. The highest BCUT2D eigenvalue weighted by molar-refractivity contribution is 8.01. The molecule has 0 saturated carbocycles. The van der Waals surface area contributed by atoms with Gasteiger partial charge in [-0.1, -0.05) is 23.1 Å². The fourth-order valence-corrected chi connectivity index (χ4v) is 6.64. The molecule has 0 spiro atoms. The van der Waals surface area contributed by atoms with E-state index in [1.54, 1.807) is 6.92 Å². The molecule has 10 nitrogen and oxygen atoms in total. The number of alkyl halides is 3. The zero-order valence-electron chi connectivity index (χ0n) is 16.9. The van der Waals surface area contributed by atoms with E-state index in [0.29, 0.717) is 32.2 Å². The van der Waals surface area contributed by atoms with Gasteiger partial charge in [-0.2, -0.15) is 18.3 Å². The van der Waals surface area contributed by atoms with Gasteiger partial charge in [0.1, 0.15) is 27.8 Å². The van der Waals surface area contributed by atoms with Crippen molar-refractivity contribution < 1.29 is 32.7 Å². The third kappa shape index (κ3) is 4.46. The van der Waals surface area contributed by atoms with Crippen LogP contribution < -0.4 is 5.32 Å². The van der Waals surface area contributed by atoms with Crippen molar-refractivity contribution in [3.63, 3.8) is 0 Å². The monoisotopic (exact) mass is 520 g/mol. The van der Waals surface area contributed by atoms with Gasteiger partial charge in [0, 0.05) is 24.6 Å². The largest absolute Gasteiger partial charge is 0.477 e. The van der Waals surface area contributed by atoms with Crippen LogP contribution in [0, 0.1) is 6.92 Å². The van der Waals surface area contributed by atoms with E-state index in [1.807, 2.05) is 0 Å². The summed E-state index contributed by atoms with van der Waals surface area (Å²) in [6, 6.07) is -0.481. The number of nitrogens with zero attached hydrogens (tertiary/aromatic N) is 5. The number of hydrogen-bond donors (Lipinski definition) is 2. The summed E-state index contributed by atoms with van der Waals surface area (Å²) in [5, 5.41) is 23.6. The van der Waals surface area contributed by atoms with Gasteiger partial charge in [-0.3, -0.25) is 19.2 Å². The average Bonchev–Trinajstić information content (AvgIpc) is 3.34. The maximum Gasteiger partial charge on any atom is 0.433 e. The number of nitrogens with one attached hydrogen (secondary N) is 1. The summed E-state index contributed by atoms with van der Waals surface area (Å²) < 4.78 is 40.1. The van der Waals surface area contributed by atoms with Crippen molar-refractivity contribution in [2.75, 3.05) is 11.5 Å². The Morgan fingerprint density at radius 3 is 2.67 bits per heavy atom. The van der Waals surface area contributed by atoms with Gasteiger partial charge in [0.05, 0.1) is 0 Å². The lowest BCUT2D eigenvalue weighted by Crippen LogP contribution is -2.70. The minimum absolute atomic E-state index is 0.153. The second-order valence-electron chi connectivity index (χ2n) is 7.03. The first-order valence-corrected chi connectivity index (χ1v) is 12.1. The van der Waals surface area contributed by atoms with Crippen molar-refractivity contribution in [3.05, 3.63) is 33.7 Å². The zero-order valence-corrected chi connectivity index (χ0v) is 19.4. The normalized spacial score (nSPS) is 20.5. The van der Waals surface area contributed by atoms with Gasteiger partial charge in [-0.25, -0.2) is 4.79 Å². The Bertz CT molecular complexity index is 1180. The Morgan fingerprint density at radius 2 is 2.09 bits per heavy atom. The number of aliphatic carboxylic acids is 1. The second kappa shape index (κ2) is 8.64. The summed E-state index contributed by atoms with van der Waals surface area (Å²) >= 11 is 3.94. The Labute approximate surface area is 196 Å². The molecule has 4 heterocycles. The van der Waals surface area contributed by atoms with Gasteiger partial charge in [-0.05, 0) is 12.5 Å². The van der Waals surface area contributed by atoms with E-state index in [2.05, 4.69) is 20.6 Å². The van der Waals surface area contributed by atoms with Crippen LogP contribution in [0.3, 0.4) is 0 Å². The summed E-state index contributed by atoms with van der Waals surface area (Å²) in [4.78, 5) is 38.1. The van der Waals surface area contributed by atoms with Crippen LogP contribution >= 0.6 is 34.9 Å². The molecule has 2 aromatic rings. The minimum atomic E-state index is -4.69. The van der Waals surface area contributed by atoms with Crippen molar-refractivity contribution in [3.8, 4) is 0 Å². The molecule has 2 atom stereocenters. The van der Waals surface area contributed by atoms with E-state index in [1.165, 1.54) is 34.9 Å². The molecule has 0 bridgehead atoms. The van der Waals surface area contributed by atoms with Crippen molar-refractivity contribution in [2.24, 2.45) is 7.05 Å². The summed E-state index contributed by atoms with van der Waals surface area (Å²) in [5.41, 5.74) is -1.22. The molecule has 0 unspecified atom stereocenters. The number of rotatable bonds is 6. The van der Waals surface area contributed by atoms with E-state index in [0.717, 1.165) is 17.0 Å². The highest BCUT2D eigenvalue weighted by Gasteiger charge is 2.54. The van der Waals surface area contributed by atoms with Crippen LogP contribution in [0.5, 0.6) is 0 Å². The van der Waals surface area contributed by atoms with Crippen LogP contribution in [-0.4, -0.2) is 70.7 Å². The molecule has 2 aromatic heterocycles. The molecule has 2 aliphatic rings. The van der Waals surface area contributed by atoms with E-state index in [4.69, 9.17) is 0 Å². The molecule has 0 aliphatic carbocycles. The lowest BCUT2D eigenvalue weighted by Gasteiger charge is -2.49. The van der Waals surface area contributed by atoms with E-state index in [-0.39, 0.29) is 5.70 Å². The lowest BCUT2D eigenvalue weighted by molar-refractivity contribution is -0.148. The molecular formula is C17H15F3N6O4S3. The van der Waals surface area contributed by atoms with E-state index in [9.17, 15) is 32.7 Å². The number of carboxylic acids is 1. The molecule has 1 fully saturated rings. The lowest BCUT2D eigenvalue weighted by atomic mass is 10.0. The standard InChI is InChI=1S/C17H15F3N6O4S3/c1-6-22-23-16(33-6)32-5-7-4-31-14-10(13(28)26(14)11(7)15(29)30)21-12(27)8-3-9(17(18,19)20)25(2)24-8/h3,10,14H,4-5H2,1-2H3,(H,21,27)(H,29,30)/t10-,14-/m0/s1. The van der Waals surface area contributed by atoms with E-state index < -0.39 is 46.8 Å². The smallest absolute Gasteiger partial charge is 0.433 e. The van der Waals surface area contributed by atoms with E-state index >= 15 is 0 Å². The van der Waals surface area contributed by atoms with Crippen molar-refractivity contribution in [1.29, 1.82) is 0 Å². The van der Waals surface area contributed by atoms with Crippen LogP contribution in [0.1, 0.15) is 21.2 Å². The third-order valence-electron chi connectivity index (χ3n) is 4.82. The second-order valence-corrected chi connectivity index (χ2v) is 10.5. The first-order chi connectivity index (χ1) is 15.5. The third-order valence-corrected chi connectivity index (χ3v) is 8.21. The molecule has 4 rings (SSSR count). The van der Waals surface area contributed by atoms with Crippen molar-refractivity contribution >= 4 is 52.6 Å². The van der Waals surface area contributed by atoms with Crippen LogP contribution in [0.4, 0.5) is 13.2 Å². The number of hydrogen-bond acceptors (Lipinski definition) is 9. The highest BCUT2D eigenvalue weighted by atomic mass is 32.2. The number of carboxylic acid groups (broad SMARTS) is 1. The molecule has 1 saturated heterocycles. The Hall–Kier alpha value is -2.59. The number of fused-ring (bicyclic) bond motifs is 1. The quantitative estimate of drug-likeness (QED) is 0.432. The zero-order chi connectivity index (χ0) is 24.1. The number of β-lactam (4-membered cyclic amide) rings is 1. The van der Waals surface area contributed by atoms with Gasteiger partial charge in [0.2, 0.25) is 0 Å².